The monoisotopic (exact) mass is 520 g/mol. The van der Waals surface area contributed by atoms with Crippen LogP contribution < -0.4 is 9.64 Å². The number of aromatic nitrogens is 2. The SMILES string of the molecule is COc1ccc(-n2nc(C(=O)OS)c3c2C(=O)N(c2ccc(C(C)(C)CN4CCCC4)cc2)CC3)cc1. The van der Waals surface area contributed by atoms with Crippen molar-refractivity contribution in [1.29, 1.82) is 0 Å². The smallest absolute Gasteiger partial charge is 0.370 e. The average Bonchev–Trinajstić information content (AvgIpc) is 3.56. The van der Waals surface area contributed by atoms with E-state index in [0.717, 1.165) is 25.3 Å². The van der Waals surface area contributed by atoms with Gasteiger partial charge in [0, 0.05) is 42.7 Å². The molecule has 1 aromatic heterocycles. The summed E-state index contributed by atoms with van der Waals surface area (Å²) in [7, 11) is 1.59. The molecule has 2 aromatic carbocycles. The molecule has 1 fully saturated rings. The van der Waals surface area contributed by atoms with Crippen molar-refractivity contribution in [3.05, 3.63) is 71.0 Å². The maximum absolute atomic E-state index is 13.8. The molecule has 0 aliphatic carbocycles. The number of anilines is 1. The number of benzene rings is 2. The summed E-state index contributed by atoms with van der Waals surface area (Å²) >= 11 is 3.67. The second-order valence-corrected chi connectivity index (χ2v) is 10.5. The lowest BCUT2D eigenvalue weighted by Crippen LogP contribution is -2.39. The molecule has 194 valence electrons. The summed E-state index contributed by atoms with van der Waals surface area (Å²) in [4.78, 5) is 30.5. The Labute approximate surface area is 222 Å². The van der Waals surface area contributed by atoms with Gasteiger partial charge in [0.25, 0.3) is 5.91 Å². The van der Waals surface area contributed by atoms with E-state index in [1.807, 2.05) is 12.1 Å². The normalized spacial score (nSPS) is 16.1. The van der Waals surface area contributed by atoms with E-state index < -0.39 is 5.97 Å². The van der Waals surface area contributed by atoms with Crippen molar-refractivity contribution >= 4 is 30.5 Å². The summed E-state index contributed by atoms with van der Waals surface area (Å²) in [5.41, 5.74) is 3.74. The molecule has 8 nitrogen and oxygen atoms in total. The Morgan fingerprint density at radius 1 is 1.00 bits per heavy atom. The van der Waals surface area contributed by atoms with E-state index in [1.54, 1.807) is 36.3 Å². The molecule has 9 heteroatoms. The van der Waals surface area contributed by atoms with E-state index in [9.17, 15) is 9.59 Å². The molecule has 1 saturated heterocycles. The Bertz CT molecular complexity index is 1290. The van der Waals surface area contributed by atoms with E-state index in [4.69, 9.17) is 4.74 Å². The zero-order valence-corrected chi connectivity index (χ0v) is 22.3. The van der Waals surface area contributed by atoms with E-state index in [2.05, 4.69) is 53.1 Å². The van der Waals surface area contributed by atoms with Crippen molar-refractivity contribution in [2.24, 2.45) is 0 Å². The van der Waals surface area contributed by atoms with Gasteiger partial charge in [-0.05, 0) is 74.3 Å². The van der Waals surface area contributed by atoms with Crippen molar-refractivity contribution in [2.45, 2.75) is 38.5 Å². The third-order valence-corrected chi connectivity index (χ3v) is 7.55. The lowest BCUT2D eigenvalue weighted by atomic mass is 9.84. The highest BCUT2D eigenvalue weighted by molar-refractivity contribution is 7.75. The van der Waals surface area contributed by atoms with Crippen molar-refractivity contribution in [2.75, 3.05) is 38.2 Å². The summed E-state index contributed by atoms with van der Waals surface area (Å²) in [6.45, 7) is 8.32. The molecule has 3 heterocycles. The molecule has 1 amide bonds. The van der Waals surface area contributed by atoms with Crippen LogP contribution in [0.4, 0.5) is 5.69 Å². The molecule has 37 heavy (non-hydrogen) atoms. The van der Waals surface area contributed by atoms with Gasteiger partial charge in [-0.15, -0.1) is 0 Å². The van der Waals surface area contributed by atoms with Gasteiger partial charge in [0.05, 0.1) is 12.8 Å². The molecule has 0 saturated carbocycles. The Kier molecular flexibility index (Phi) is 7.00. The fraction of sp³-hybridized carbons (Fsp3) is 0.393. The van der Waals surface area contributed by atoms with Crippen LogP contribution in [0.2, 0.25) is 0 Å². The zero-order valence-electron chi connectivity index (χ0n) is 21.4. The van der Waals surface area contributed by atoms with Gasteiger partial charge in [0.15, 0.2) is 5.69 Å². The van der Waals surface area contributed by atoms with E-state index in [-0.39, 0.29) is 17.0 Å². The Balaban J connectivity index is 1.46. The van der Waals surface area contributed by atoms with Crippen molar-refractivity contribution in [1.82, 2.24) is 14.7 Å². The summed E-state index contributed by atoms with van der Waals surface area (Å²) < 4.78 is 11.4. The van der Waals surface area contributed by atoms with Gasteiger partial charge in [-0.1, -0.05) is 26.0 Å². The van der Waals surface area contributed by atoms with E-state index in [1.165, 1.54) is 23.1 Å². The predicted molar refractivity (Wildman–Crippen MR) is 145 cm³/mol. The Morgan fingerprint density at radius 3 is 2.27 bits per heavy atom. The largest absolute Gasteiger partial charge is 0.497 e. The van der Waals surface area contributed by atoms with E-state index in [0.29, 0.717) is 35.7 Å². The second kappa shape index (κ2) is 10.2. The number of hydrogen-bond donors (Lipinski definition) is 1. The van der Waals surface area contributed by atoms with Crippen LogP contribution in [0, 0.1) is 0 Å². The molecule has 5 rings (SSSR count). The Morgan fingerprint density at radius 2 is 1.65 bits per heavy atom. The van der Waals surface area contributed by atoms with Gasteiger partial charge in [0.1, 0.15) is 11.4 Å². The van der Waals surface area contributed by atoms with Crippen LogP contribution >= 0.6 is 12.9 Å². The molecule has 0 spiro atoms. The fourth-order valence-corrected chi connectivity index (χ4v) is 5.49. The first-order chi connectivity index (χ1) is 17.8. The minimum absolute atomic E-state index is 0.0110. The number of hydrogen-bond acceptors (Lipinski definition) is 7. The van der Waals surface area contributed by atoms with Crippen LogP contribution in [0.25, 0.3) is 5.69 Å². The zero-order chi connectivity index (χ0) is 26.2. The van der Waals surface area contributed by atoms with E-state index >= 15 is 0 Å². The summed E-state index contributed by atoms with van der Waals surface area (Å²) in [5, 5.41) is 4.46. The highest BCUT2D eigenvalue weighted by Crippen LogP contribution is 2.32. The van der Waals surface area contributed by atoms with Crippen LogP contribution in [0.3, 0.4) is 0 Å². The van der Waals surface area contributed by atoms with Crippen LogP contribution in [-0.2, 0) is 16.0 Å². The van der Waals surface area contributed by atoms with Crippen molar-refractivity contribution in [3.8, 4) is 11.4 Å². The molecule has 3 aromatic rings. The first kappa shape index (κ1) is 25.4. The topological polar surface area (TPSA) is 76.9 Å². The minimum Gasteiger partial charge on any atom is -0.497 e. The van der Waals surface area contributed by atoms with Gasteiger partial charge < -0.3 is 18.7 Å². The predicted octanol–water partition coefficient (Wildman–Crippen LogP) is 4.46. The highest BCUT2D eigenvalue weighted by Gasteiger charge is 2.36. The lowest BCUT2D eigenvalue weighted by molar-refractivity contribution is 0.0764. The van der Waals surface area contributed by atoms with Gasteiger partial charge >= 0.3 is 5.97 Å². The molecular weight excluding hydrogens is 488 g/mol. The molecule has 0 unspecified atom stereocenters. The van der Waals surface area contributed by atoms with Crippen LogP contribution in [0.15, 0.2) is 48.5 Å². The van der Waals surface area contributed by atoms with Gasteiger partial charge in [-0.2, -0.15) is 5.10 Å². The summed E-state index contributed by atoms with van der Waals surface area (Å²) in [5.74, 6) is -0.218. The average molecular weight is 521 g/mol. The molecule has 0 bridgehead atoms. The summed E-state index contributed by atoms with van der Waals surface area (Å²) in [6.07, 6.45) is 3.01. The second-order valence-electron chi connectivity index (χ2n) is 10.3. The standard InChI is InChI=1S/C28H32N4O4S/c1-28(2,18-30-15-4-5-16-30)19-6-8-20(9-7-19)31-17-14-23-24(27(34)36-37)29-32(25(23)26(31)33)21-10-12-22(35-3)13-11-21/h6-13,37H,4-5,14-18H2,1-3H3. The number of rotatable bonds is 7. The van der Waals surface area contributed by atoms with Crippen LogP contribution in [0.1, 0.15) is 58.8 Å². The van der Waals surface area contributed by atoms with Gasteiger partial charge in [0.2, 0.25) is 0 Å². The summed E-state index contributed by atoms with van der Waals surface area (Å²) in [6, 6.07) is 15.4. The number of methoxy groups -OCH3 is 1. The van der Waals surface area contributed by atoms with Crippen LogP contribution in [0.5, 0.6) is 5.75 Å². The molecule has 0 atom stereocenters. The third-order valence-electron chi connectivity index (χ3n) is 7.39. The number of thiol groups is 1. The molecular formula is C28H32N4O4S. The maximum atomic E-state index is 13.8. The van der Waals surface area contributed by atoms with Crippen molar-refractivity contribution in [3.63, 3.8) is 0 Å². The number of fused-ring (bicyclic) bond motifs is 1. The Hall–Kier alpha value is -3.30. The number of carbonyl (C=O) groups is 2. The first-order valence-corrected chi connectivity index (χ1v) is 13.0. The number of amides is 1. The maximum Gasteiger partial charge on any atom is 0.370 e. The number of likely N-dealkylation sites (tertiary alicyclic amines) is 1. The molecule has 2 aliphatic heterocycles. The first-order valence-electron chi connectivity index (χ1n) is 12.6. The molecule has 0 N–H and O–H groups in total. The molecule has 2 aliphatic rings. The van der Waals surface area contributed by atoms with Crippen LogP contribution in [-0.4, -0.2) is 59.8 Å². The highest BCUT2D eigenvalue weighted by atomic mass is 32.1. The quantitative estimate of drug-likeness (QED) is 0.366. The van der Waals surface area contributed by atoms with Gasteiger partial charge in [-0.25, -0.2) is 9.48 Å². The third kappa shape index (κ3) is 4.85. The molecule has 0 radical (unpaired) electrons. The number of nitrogens with zero attached hydrogens (tertiary/aromatic N) is 4. The lowest BCUT2D eigenvalue weighted by Gasteiger charge is -2.32. The number of ether oxygens (including phenoxy) is 1. The van der Waals surface area contributed by atoms with Gasteiger partial charge in [-0.3, -0.25) is 4.79 Å². The fourth-order valence-electron chi connectivity index (χ4n) is 5.41. The minimum atomic E-state index is -0.683. The van der Waals surface area contributed by atoms with Crippen molar-refractivity contribution < 1.29 is 18.5 Å². The number of carbonyl (C=O) groups excluding carboxylic acids is 2.